The summed E-state index contributed by atoms with van der Waals surface area (Å²) in [6.07, 6.45) is -9.46. The minimum Gasteiger partial charge on any atom is -0.462 e. The lowest BCUT2D eigenvalue weighted by Crippen LogP contribution is -2.53. The number of hydrogen-bond acceptors (Lipinski definition) is 10. The lowest BCUT2D eigenvalue weighted by Gasteiger charge is -2.32. The van der Waals surface area contributed by atoms with E-state index in [0.717, 1.165) is 12.3 Å². The predicted octanol–water partition coefficient (Wildman–Crippen LogP) is 0.925. The maximum atomic E-state index is 14.4. The van der Waals surface area contributed by atoms with Crippen LogP contribution in [-0.4, -0.2) is 68.7 Å². The summed E-state index contributed by atoms with van der Waals surface area (Å²) in [5.41, 5.74) is -4.89. The van der Waals surface area contributed by atoms with Gasteiger partial charge in [0, 0.05) is 12.3 Å². The molecule has 0 amide bonds. The smallest absolute Gasteiger partial charge is 0.459 e. The molecule has 3 rings (SSSR count). The van der Waals surface area contributed by atoms with Gasteiger partial charge in [-0.2, -0.15) is 5.09 Å². The summed E-state index contributed by atoms with van der Waals surface area (Å²) in [6, 6.07) is 7.06. The molecule has 38 heavy (non-hydrogen) atoms. The number of aliphatic hydroxyl groups is 2. The van der Waals surface area contributed by atoms with E-state index in [-0.39, 0.29) is 5.75 Å². The molecule has 16 heteroatoms. The van der Waals surface area contributed by atoms with Crippen molar-refractivity contribution in [3.63, 3.8) is 0 Å². The van der Waals surface area contributed by atoms with Crippen molar-refractivity contribution in [2.24, 2.45) is 0 Å². The van der Waals surface area contributed by atoms with E-state index in [2.05, 4.69) is 5.09 Å². The second-order valence-corrected chi connectivity index (χ2v) is 10.4. The van der Waals surface area contributed by atoms with Gasteiger partial charge < -0.3 is 24.2 Å². The number of para-hydroxylation sites is 1. The van der Waals surface area contributed by atoms with Crippen LogP contribution in [0.5, 0.6) is 5.75 Å². The Morgan fingerprint density at radius 2 is 1.87 bits per heavy atom. The summed E-state index contributed by atoms with van der Waals surface area (Å²) < 4.78 is 63.9. The molecule has 0 aliphatic carbocycles. The summed E-state index contributed by atoms with van der Waals surface area (Å²) in [4.78, 5) is 37.6. The number of esters is 1. The Bertz CT molecular complexity index is 1270. The molecule has 0 unspecified atom stereocenters. The highest BCUT2D eigenvalue weighted by molar-refractivity contribution is 7.52. The third kappa shape index (κ3) is 6.54. The molecular weight excluding hydrogens is 535 g/mol. The highest BCUT2D eigenvalue weighted by atomic mass is 31.2. The van der Waals surface area contributed by atoms with Crippen LogP contribution in [0.3, 0.4) is 0 Å². The SMILES string of the molecule is CC(C)OC(=O)[C@H](C)N[P@](=O)(OC[C@@]1(C(F)F)O[C@@H](n2ccc(=O)[nH]c2=O)[C@H](O)[C@@H]1O)Oc1ccccc1. The Morgan fingerprint density at radius 3 is 2.45 bits per heavy atom. The zero-order chi connectivity index (χ0) is 28.3. The van der Waals surface area contributed by atoms with E-state index in [0.29, 0.717) is 4.57 Å². The van der Waals surface area contributed by atoms with Gasteiger partial charge in [0.15, 0.2) is 11.8 Å². The molecule has 0 radical (unpaired) electrons. The Hall–Kier alpha value is -2.94. The van der Waals surface area contributed by atoms with E-state index in [1.807, 2.05) is 4.98 Å². The van der Waals surface area contributed by atoms with Crippen LogP contribution in [0.15, 0.2) is 52.2 Å². The number of nitrogens with zero attached hydrogens (tertiary/aromatic N) is 1. The van der Waals surface area contributed by atoms with Crippen LogP contribution in [0.4, 0.5) is 8.78 Å². The van der Waals surface area contributed by atoms with E-state index < -0.39 is 74.2 Å². The summed E-state index contributed by atoms with van der Waals surface area (Å²) >= 11 is 0. The number of rotatable bonds is 11. The van der Waals surface area contributed by atoms with Gasteiger partial charge in [-0.15, -0.1) is 0 Å². The molecule has 1 aliphatic rings. The third-order valence-corrected chi connectivity index (χ3v) is 7.06. The number of ether oxygens (including phenoxy) is 2. The highest BCUT2D eigenvalue weighted by Gasteiger charge is 2.61. The van der Waals surface area contributed by atoms with Gasteiger partial charge in [0.05, 0.1) is 12.7 Å². The van der Waals surface area contributed by atoms with Crippen LogP contribution in [0.25, 0.3) is 0 Å². The van der Waals surface area contributed by atoms with E-state index in [4.69, 9.17) is 18.5 Å². The monoisotopic (exact) mass is 563 g/mol. The topological polar surface area (TPSA) is 178 Å². The third-order valence-electron chi connectivity index (χ3n) is 5.44. The van der Waals surface area contributed by atoms with Gasteiger partial charge in [-0.05, 0) is 32.9 Å². The fourth-order valence-electron chi connectivity index (χ4n) is 3.54. The predicted molar refractivity (Wildman–Crippen MR) is 127 cm³/mol. The summed E-state index contributed by atoms with van der Waals surface area (Å²) in [7, 11) is -4.66. The number of aliphatic hydroxyl groups excluding tert-OH is 2. The lowest BCUT2D eigenvalue weighted by molar-refractivity contribution is -0.192. The molecule has 210 valence electrons. The number of hydrogen-bond donors (Lipinski definition) is 4. The number of carbonyl (C=O) groups is 1. The van der Waals surface area contributed by atoms with Gasteiger partial charge >= 0.3 is 19.4 Å². The van der Waals surface area contributed by atoms with Crippen molar-refractivity contribution in [2.75, 3.05) is 6.61 Å². The molecule has 1 aromatic carbocycles. The first-order valence-corrected chi connectivity index (χ1v) is 12.9. The van der Waals surface area contributed by atoms with Crippen molar-refractivity contribution in [3.8, 4) is 5.75 Å². The molecule has 13 nitrogen and oxygen atoms in total. The Labute approximate surface area is 214 Å². The molecule has 1 saturated heterocycles. The van der Waals surface area contributed by atoms with Crippen LogP contribution in [0.1, 0.15) is 27.0 Å². The Balaban J connectivity index is 1.90. The van der Waals surface area contributed by atoms with Gasteiger partial charge in [-0.1, -0.05) is 18.2 Å². The minimum atomic E-state index is -4.66. The van der Waals surface area contributed by atoms with Gasteiger partial charge in [0.25, 0.3) is 12.0 Å². The molecule has 6 atom stereocenters. The number of alkyl halides is 2. The van der Waals surface area contributed by atoms with Gasteiger partial charge in [-0.25, -0.2) is 18.1 Å². The van der Waals surface area contributed by atoms with Crippen molar-refractivity contribution in [2.45, 2.75) is 63.4 Å². The molecule has 2 heterocycles. The van der Waals surface area contributed by atoms with Crippen LogP contribution in [-0.2, 0) is 23.4 Å². The molecule has 4 N–H and O–H groups in total. The van der Waals surface area contributed by atoms with Gasteiger partial charge in [0.1, 0.15) is 24.0 Å². The maximum Gasteiger partial charge on any atom is 0.459 e. The standard InChI is InChI=1S/C22H28F2N3O10P/c1-12(2)35-19(31)13(3)26-38(33,37-14-7-5-4-6-8-14)34-11-22(20(23)24)17(30)16(29)18(36-22)27-10-9-15(28)25-21(27)32/h4-10,12-13,16-18,20,29-30H,11H2,1-3H3,(H,26,33)(H,25,28,32)/t13-,16+,17-,18+,22+,38-/m0/s1. The summed E-state index contributed by atoms with van der Waals surface area (Å²) in [5, 5.41) is 23.3. The van der Waals surface area contributed by atoms with E-state index >= 15 is 0 Å². The highest BCUT2D eigenvalue weighted by Crippen LogP contribution is 2.49. The summed E-state index contributed by atoms with van der Waals surface area (Å²) in [6.45, 7) is 3.13. The van der Waals surface area contributed by atoms with Crippen LogP contribution >= 0.6 is 7.75 Å². The molecule has 1 fully saturated rings. The van der Waals surface area contributed by atoms with Gasteiger partial charge in [0.2, 0.25) is 0 Å². The van der Waals surface area contributed by atoms with Crippen molar-refractivity contribution < 1.29 is 46.9 Å². The normalized spacial score (nSPS) is 25.8. The maximum absolute atomic E-state index is 14.4. The number of benzene rings is 1. The average Bonchev–Trinajstić information content (AvgIpc) is 3.09. The second kappa shape index (κ2) is 11.8. The first kappa shape index (κ1) is 29.6. The quantitative estimate of drug-likeness (QED) is 0.226. The largest absolute Gasteiger partial charge is 0.462 e. The van der Waals surface area contributed by atoms with E-state index in [1.54, 1.807) is 19.9 Å². The molecule has 0 bridgehead atoms. The van der Waals surface area contributed by atoms with E-state index in [9.17, 15) is 37.9 Å². The number of carbonyl (C=O) groups excluding carboxylic acids is 1. The molecule has 0 spiro atoms. The van der Waals surface area contributed by atoms with Crippen molar-refractivity contribution in [1.29, 1.82) is 0 Å². The molecular formula is C22H28F2N3O10P. The van der Waals surface area contributed by atoms with Crippen LogP contribution in [0, 0.1) is 0 Å². The zero-order valence-electron chi connectivity index (χ0n) is 20.5. The number of aromatic amines is 1. The minimum absolute atomic E-state index is 0.00977. The number of halogens is 2. The Morgan fingerprint density at radius 1 is 1.21 bits per heavy atom. The molecule has 0 saturated carbocycles. The average molecular weight is 563 g/mol. The van der Waals surface area contributed by atoms with Crippen LogP contribution < -0.4 is 20.9 Å². The first-order chi connectivity index (χ1) is 17.8. The summed E-state index contributed by atoms with van der Waals surface area (Å²) in [5.74, 6) is -0.849. The van der Waals surface area contributed by atoms with E-state index in [1.165, 1.54) is 31.2 Å². The van der Waals surface area contributed by atoms with Gasteiger partial charge in [-0.3, -0.25) is 23.7 Å². The number of H-pyrrole nitrogens is 1. The van der Waals surface area contributed by atoms with Crippen LogP contribution in [0.2, 0.25) is 0 Å². The molecule has 1 aromatic heterocycles. The lowest BCUT2D eigenvalue weighted by atomic mass is 9.96. The molecule has 1 aliphatic heterocycles. The van der Waals surface area contributed by atoms with Crippen molar-refractivity contribution in [1.82, 2.24) is 14.6 Å². The fourth-order valence-corrected chi connectivity index (χ4v) is 5.07. The first-order valence-electron chi connectivity index (χ1n) is 11.4. The number of nitrogens with one attached hydrogen (secondary N) is 2. The Kier molecular flexibility index (Phi) is 9.23. The number of aromatic nitrogens is 2. The van der Waals surface area contributed by atoms with Crippen molar-refractivity contribution >= 4 is 13.7 Å². The van der Waals surface area contributed by atoms with Crippen molar-refractivity contribution in [3.05, 3.63) is 63.4 Å². The zero-order valence-corrected chi connectivity index (χ0v) is 21.4. The fraction of sp³-hybridized carbons (Fsp3) is 0.500. The second-order valence-electron chi connectivity index (χ2n) is 8.73. The molecule has 2 aromatic rings.